The molecule has 0 radical (unpaired) electrons. The lowest BCUT2D eigenvalue weighted by Gasteiger charge is -2.20. The Morgan fingerprint density at radius 3 is 2.32 bits per heavy atom. The summed E-state index contributed by atoms with van der Waals surface area (Å²) in [6, 6.07) is 16.8. The van der Waals surface area contributed by atoms with Crippen LogP contribution in [-0.4, -0.2) is 45.5 Å². The van der Waals surface area contributed by atoms with Gasteiger partial charge in [-0.15, -0.1) is 0 Å². The molecule has 0 spiro atoms. The average molecular weight is 521 g/mol. The highest BCUT2D eigenvalue weighted by molar-refractivity contribution is 5.86. The van der Waals surface area contributed by atoms with E-state index < -0.39 is 12.0 Å². The van der Waals surface area contributed by atoms with Crippen LogP contribution >= 0.6 is 0 Å². The molecule has 0 aromatic heterocycles. The van der Waals surface area contributed by atoms with E-state index in [1.54, 1.807) is 48.5 Å². The number of rotatable bonds is 12. The van der Waals surface area contributed by atoms with Gasteiger partial charge in [0.15, 0.2) is 23.0 Å². The first-order valence-corrected chi connectivity index (χ1v) is 13.2. The highest BCUT2D eigenvalue weighted by Gasteiger charge is 2.25. The summed E-state index contributed by atoms with van der Waals surface area (Å²) < 4.78 is 11.2. The standard InChI is InChI=1S/C31H36O7/c1-37-30-17-21(11-14-27(30)34)15-26(22-5-4-6-23(32)18-22)29(36)19-24(33)12-9-20-10-13-28(35)31(16-20)38-25-7-2-3-8-25/h4-6,10-11,13-14,16-18,24-26,32-35H,2-3,7-9,12,15,19H2,1H3. The summed E-state index contributed by atoms with van der Waals surface area (Å²) in [5.74, 6) is 0.224. The number of aliphatic hydroxyl groups is 1. The fourth-order valence-corrected chi connectivity index (χ4v) is 5.05. The van der Waals surface area contributed by atoms with E-state index in [1.807, 2.05) is 6.07 Å². The van der Waals surface area contributed by atoms with Gasteiger partial charge in [0.25, 0.3) is 0 Å². The van der Waals surface area contributed by atoms with Gasteiger partial charge in [0, 0.05) is 12.3 Å². The lowest BCUT2D eigenvalue weighted by Crippen LogP contribution is -2.22. The molecule has 0 aliphatic heterocycles. The Bertz CT molecular complexity index is 1230. The number of methoxy groups -OCH3 is 1. The smallest absolute Gasteiger partial charge is 0.161 e. The van der Waals surface area contributed by atoms with Crippen LogP contribution in [0, 0.1) is 0 Å². The maximum absolute atomic E-state index is 13.4. The van der Waals surface area contributed by atoms with Crippen molar-refractivity contribution in [2.75, 3.05) is 7.11 Å². The van der Waals surface area contributed by atoms with Crippen LogP contribution < -0.4 is 9.47 Å². The summed E-state index contributed by atoms with van der Waals surface area (Å²) in [5.41, 5.74) is 2.36. The number of aliphatic hydroxyl groups excluding tert-OH is 1. The van der Waals surface area contributed by atoms with E-state index in [0.717, 1.165) is 36.8 Å². The minimum atomic E-state index is -0.857. The largest absolute Gasteiger partial charge is 0.508 e. The fraction of sp³-hybridized carbons (Fsp3) is 0.387. The molecule has 4 rings (SSSR count). The molecular formula is C31H36O7. The van der Waals surface area contributed by atoms with Gasteiger partial charge in [-0.2, -0.15) is 0 Å². The Morgan fingerprint density at radius 1 is 0.921 bits per heavy atom. The van der Waals surface area contributed by atoms with Gasteiger partial charge in [-0.1, -0.05) is 24.3 Å². The van der Waals surface area contributed by atoms with E-state index in [9.17, 15) is 25.2 Å². The van der Waals surface area contributed by atoms with Crippen LogP contribution in [0.1, 0.15) is 61.1 Å². The van der Waals surface area contributed by atoms with E-state index in [4.69, 9.17) is 9.47 Å². The fourth-order valence-electron chi connectivity index (χ4n) is 5.05. The predicted octanol–water partition coefficient (Wildman–Crippen LogP) is 5.41. The summed E-state index contributed by atoms with van der Waals surface area (Å²) in [6.07, 6.45) is 4.70. The Kier molecular flexibility index (Phi) is 9.13. The molecule has 1 fully saturated rings. The summed E-state index contributed by atoms with van der Waals surface area (Å²) in [4.78, 5) is 13.4. The number of carbonyl (C=O) groups is 1. The van der Waals surface area contributed by atoms with Gasteiger partial charge >= 0.3 is 0 Å². The first kappa shape index (κ1) is 27.3. The number of aromatic hydroxyl groups is 3. The van der Waals surface area contributed by atoms with Crippen LogP contribution in [0.15, 0.2) is 60.7 Å². The lowest BCUT2D eigenvalue weighted by atomic mass is 9.85. The summed E-state index contributed by atoms with van der Waals surface area (Å²) >= 11 is 0. The second kappa shape index (κ2) is 12.7. The molecule has 0 amide bonds. The molecule has 0 saturated heterocycles. The second-order valence-corrected chi connectivity index (χ2v) is 10.0. The van der Waals surface area contributed by atoms with Gasteiger partial charge in [0.1, 0.15) is 11.5 Å². The summed E-state index contributed by atoms with van der Waals surface area (Å²) in [7, 11) is 1.46. The average Bonchev–Trinajstić information content (AvgIpc) is 3.41. The van der Waals surface area contributed by atoms with E-state index >= 15 is 0 Å². The third-order valence-electron chi connectivity index (χ3n) is 7.17. The van der Waals surface area contributed by atoms with Gasteiger partial charge in [-0.25, -0.2) is 0 Å². The summed E-state index contributed by atoms with van der Waals surface area (Å²) in [6.45, 7) is 0. The molecule has 3 aromatic rings. The number of ketones is 1. The van der Waals surface area contributed by atoms with Crippen molar-refractivity contribution in [3.8, 4) is 28.7 Å². The molecule has 4 N–H and O–H groups in total. The molecular weight excluding hydrogens is 484 g/mol. The lowest BCUT2D eigenvalue weighted by molar-refractivity contribution is -0.122. The molecule has 7 nitrogen and oxygen atoms in total. The molecule has 2 atom stereocenters. The zero-order chi connectivity index (χ0) is 27.1. The molecule has 3 aromatic carbocycles. The van der Waals surface area contributed by atoms with Crippen molar-refractivity contribution in [3.63, 3.8) is 0 Å². The number of phenolic OH excluding ortho intramolecular Hbond substituents is 3. The van der Waals surface area contributed by atoms with Gasteiger partial charge < -0.3 is 29.9 Å². The first-order valence-electron chi connectivity index (χ1n) is 13.2. The minimum absolute atomic E-state index is 0.0120. The normalized spacial score (nSPS) is 15.2. The monoisotopic (exact) mass is 520 g/mol. The number of aryl methyl sites for hydroxylation is 1. The minimum Gasteiger partial charge on any atom is -0.508 e. The molecule has 0 heterocycles. The van der Waals surface area contributed by atoms with Crippen molar-refractivity contribution in [3.05, 3.63) is 77.4 Å². The Labute approximate surface area is 223 Å². The van der Waals surface area contributed by atoms with Crippen LogP contribution in [0.5, 0.6) is 28.7 Å². The number of carbonyl (C=O) groups excluding carboxylic acids is 1. The zero-order valence-electron chi connectivity index (χ0n) is 21.7. The van der Waals surface area contributed by atoms with Crippen molar-refractivity contribution in [1.29, 1.82) is 0 Å². The SMILES string of the molecule is COc1cc(CC(C(=O)CC(O)CCc2ccc(O)c(OC3CCCC3)c2)c2cccc(O)c2)ccc1O. The predicted molar refractivity (Wildman–Crippen MR) is 144 cm³/mol. The number of hydrogen-bond donors (Lipinski definition) is 4. The van der Waals surface area contributed by atoms with E-state index in [2.05, 4.69) is 0 Å². The molecule has 1 saturated carbocycles. The van der Waals surface area contributed by atoms with Crippen LogP contribution in [-0.2, 0) is 17.6 Å². The molecule has 38 heavy (non-hydrogen) atoms. The van der Waals surface area contributed by atoms with Gasteiger partial charge in [-0.3, -0.25) is 4.79 Å². The first-order chi connectivity index (χ1) is 18.3. The highest BCUT2D eigenvalue weighted by Crippen LogP contribution is 2.33. The molecule has 1 aliphatic carbocycles. The van der Waals surface area contributed by atoms with Crippen molar-refractivity contribution in [2.24, 2.45) is 0 Å². The second-order valence-electron chi connectivity index (χ2n) is 10.0. The maximum Gasteiger partial charge on any atom is 0.161 e. The number of ether oxygens (including phenoxy) is 2. The van der Waals surface area contributed by atoms with E-state index in [-0.39, 0.29) is 35.6 Å². The molecule has 202 valence electrons. The summed E-state index contributed by atoms with van der Waals surface area (Å²) in [5, 5.41) is 40.9. The van der Waals surface area contributed by atoms with Crippen LogP contribution in [0.4, 0.5) is 0 Å². The quantitative estimate of drug-likeness (QED) is 0.252. The third kappa shape index (κ3) is 7.19. The van der Waals surface area contributed by atoms with E-state index in [1.165, 1.54) is 13.2 Å². The Hall–Kier alpha value is -3.71. The molecule has 0 bridgehead atoms. The number of phenols is 3. The zero-order valence-corrected chi connectivity index (χ0v) is 21.7. The number of benzene rings is 3. The molecule has 7 heteroatoms. The number of Topliss-reactive ketones (excluding diaryl/α,β-unsaturated/α-hetero) is 1. The van der Waals surface area contributed by atoms with Crippen molar-refractivity contribution >= 4 is 5.78 Å². The molecule has 2 unspecified atom stereocenters. The maximum atomic E-state index is 13.4. The van der Waals surface area contributed by atoms with Crippen LogP contribution in [0.2, 0.25) is 0 Å². The van der Waals surface area contributed by atoms with E-state index in [0.29, 0.717) is 36.3 Å². The highest BCUT2D eigenvalue weighted by atomic mass is 16.5. The van der Waals surface area contributed by atoms with Crippen molar-refractivity contribution < 1.29 is 34.7 Å². The Balaban J connectivity index is 1.42. The Morgan fingerprint density at radius 2 is 1.61 bits per heavy atom. The number of hydrogen-bond acceptors (Lipinski definition) is 7. The van der Waals surface area contributed by atoms with Crippen molar-refractivity contribution in [2.45, 2.75) is 69.5 Å². The van der Waals surface area contributed by atoms with Crippen molar-refractivity contribution in [1.82, 2.24) is 0 Å². The van der Waals surface area contributed by atoms with Gasteiger partial charge in [0.05, 0.1) is 19.3 Å². The van der Waals surface area contributed by atoms with Gasteiger partial charge in [-0.05, 0) is 98.0 Å². The third-order valence-corrected chi connectivity index (χ3v) is 7.17. The van der Waals surface area contributed by atoms with Gasteiger partial charge in [0.2, 0.25) is 0 Å². The topological polar surface area (TPSA) is 116 Å². The van der Waals surface area contributed by atoms with Crippen LogP contribution in [0.25, 0.3) is 0 Å². The molecule has 1 aliphatic rings. The van der Waals surface area contributed by atoms with Crippen LogP contribution in [0.3, 0.4) is 0 Å².